The Balaban J connectivity index is 2.14. The molecule has 2 heteroatoms. The van der Waals surface area contributed by atoms with Crippen LogP contribution in [0.5, 0.6) is 0 Å². The molecule has 2 rings (SSSR count). The van der Waals surface area contributed by atoms with Crippen LogP contribution in [0.1, 0.15) is 39.0 Å². The monoisotopic (exact) mass is 195 g/mol. The fraction of sp³-hybridized carbons (Fsp3) is 0.917. The first-order chi connectivity index (χ1) is 6.74. The van der Waals surface area contributed by atoms with Gasteiger partial charge >= 0.3 is 0 Å². The fourth-order valence-electron chi connectivity index (χ4n) is 3.36. The van der Waals surface area contributed by atoms with Crippen molar-refractivity contribution in [2.24, 2.45) is 11.8 Å². The summed E-state index contributed by atoms with van der Waals surface area (Å²) in [5, 5.41) is 0. The van der Waals surface area contributed by atoms with Gasteiger partial charge in [0.2, 0.25) is 0 Å². The normalized spacial score (nSPS) is 44.4. The predicted octanol–water partition coefficient (Wildman–Crippen LogP) is 2.08. The Kier molecular flexibility index (Phi) is 2.91. The highest BCUT2D eigenvalue weighted by atomic mass is 16.1. The van der Waals surface area contributed by atoms with Crippen molar-refractivity contribution in [2.45, 2.75) is 51.1 Å². The summed E-state index contributed by atoms with van der Waals surface area (Å²) in [6.45, 7) is 2.25. The second-order valence-corrected chi connectivity index (χ2v) is 5.07. The van der Waals surface area contributed by atoms with Crippen molar-refractivity contribution in [3.05, 3.63) is 0 Å². The second kappa shape index (κ2) is 4.01. The highest BCUT2D eigenvalue weighted by Crippen LogP contribution is 2.39. The average Bonchev–Trinajstić information content (AvgIpc) is 2.23. The Morgan fingerprint density at radius 2 is 2.00 bits per heavy atom. The van der Waals surface area contributed by atoms with Crippen LogP contribution in [0.4, 0.5) is 0 Å². The summed E-state index contributed by atoms with van der Waals surface area (Å²) < 4.78 is 0. The molecule has 2 fully saturated rings. The standard InChI is InChI=1S/C12H21NO/c1-9-7-10(8-14)11-5-3-4-6-12(11)13(9)2/h8-12H,3-7H2,1-2H3. The minimum Gasteiger partial charge on any atom is -0.303 e. The number of hydrogen-bond donors (Lipinski definition) is 0. The first-order valence-electron chi connectivity index (χ1n) is 5.91. The maximum atomic E-state index is 11.0. The Morgan fingerprint density at radius 1 is 1.29 bits per heavy atom. The van der Waals surface area contributed by atoms with Crippen LogP contribution in [0.3, 0.4) is 0 Å². The molecule has 80 valence electrons. The van der Waals surface area contributed by atoms with E-state index in [1.165, 1.54) is 32.0 Å². The topological polar surface area (TPSA) is 20.3 Å². The van der Waals surface area contributed by atoms with E-state index < -0.39 is 0 Å². The van der Waals surface area contributed by atoms with Gasteiger partial charge in [0.25, 0.3) is 0 Å². The molecule has 0 aromatic heterocycles. The highest BCUT2D eigenvalue weighted by Gasteiger charge is 2.40. The smallest absolute Gasteiger partial charge is 0.123 e. The van der Waals surface area contributed by atoms with Crippen LogP contribution in [0.25, 0.3) is 0 Å². The lowest BCUT2D eigenvalue weighted by molar-refractivity contribution is -0.117. The van der Waals surface area contributed by atoms with E-state index >= 15 is 0 Å². The van der Waals surface area contributed by atoms with Gasteiger partial charge in [-0.25, -0.2) is 0 Å². The molecule has 2 aliphatic rings. The van der Waals surface area contributed by atoms with Crippen LogP contribution < -0.4 is 0 Å². The van der Waals surface area contributed by atoms with E-state index in [1.807, 2.05) is 0 Å². The third-order valence-corrected chi connectivity index (χ3v) is 4.34. The predicted molar refractivity (Wildman–Crippen MR) is 57.1 cm³/mol. The molecule has 1 aliphatic heterocycles. The van der Waals surface area contributed by atoms with Crippen LogP contribution in [-0.4, -0.2) is 30.3 Å². The fourth-order valence-corrected chi connectivity index (χ4v) is 3.36. The molecule has 1 aliphatic carbocycles. The van der Waals surface area contributed by atoms with Crippen LogP contribution >= 0.6 is 0 Å². The summed E-state index contributed by atoms with van der Waals surface area (Å²) in [6.07, 6.45) is 7.53. The van der Waals surface area contributed by atoms with E-state index in [-0.39, 0.29) is 0 Å². The number of fused-ring (bicyclic) bond motifs is 1. The van der Waals surface area contributed by atoms with Crippen molar-refractivity contribution in [1.29, 1.82) is 0 Å². The van der Waals surface area contributed by atoms with Crippen molar-refractivity contribution < 1.29 is 4.79 Å². The molecule has 1 saturated heterocycles. The summed E-state index contributed by atoms with van der Waals surface area (Å²) in [7, 11) is 2.23. The molecule has 0 aromatic carbocycles. The number of rotatable bonds is 1. The van der Waals surface area contributed by atoms with Gasteiger partial charge in [0.05, 0.1) is 0 Å². The van der Waals surface area contributed by atoms with Gasteiger partial charge in [0.1, 0.15) is 6.29 Å². The van der Waals surface area contributed by atoms with E-state index in [0.717, 1.165) is 6.42 Å². The molecule has 0 N–H and O–H groups in total. The van der Waals surface area contributed by atoms with Gasteiger partial charge in [-0.3, -0.25) is 0 Å². The lowest BCUT2D eigenvalue weighted by atomic mass is 9.71. The third kappa shape index (κ3) is 1.60. The molecular weight excluding hydrogens is 174 g/mol. The van der Waals surface area contributed by atoms with Crippen molar-refractivity contribution >= 4 is 6.29 Å². The van der Waals surface area contributed by atoms with Crippen molar-refractivity contribution in [3.63, 3.8) is 0 Å². The maximum Gasteiger partial charge on any atom is 0.123 e. The zero-order valence-corrected chi connectivity index (χ0v) is 9.28. The van der Waals surface area contributed by atoms with E-state index in [2.05, 4.69) is 18.9 Å². The maximum absolute atomic E-state index is 11.0. The molecule has 0 radical (unpaired) electrons. The minimum absolute atomic E-state index is 0.339. The lowest BCUT2D eigenvalue weighted by Crippen LogP contribution is -2.52. The number of aldehydes is 1. The van der Waals surface area contributed by atoms with E-state index in [4.69, 9.17) is 0 Å². The van der Waals surface area contributed by atoms with E-state index in [0.29, 0.717) is 23.9 Å². The zero-order valence-electron chi connectivity index (χ0n) is 9.28. The van der Waals surface area contributed by atoms with Crippen molar-refractivity contribution in [2.75, 3.05) is 7.05 Å². The quantitative estimate of drug-likeness (QED) is 0.597. The zero-order chi connectivity index (χ0) is 10.1. The van der Waals surface area contributed by atoms with Crippen LogP contribution in [0.2, 0.25) is 0 Å². The average molecular weight is 195 g/mol. The molecule has 0 aromatic rings. The molecule has 1 heterocycles. The lowest BCUT2D eigenvalue weighted by Gasteiger charge is -2.48. The van der Waals surface area contributed by atoms with Gasteiger partial charge < -0.3 is 9.69 Å². The Hall–Kier alpha value is -0.370. The van der Waals surface area contributed by atoms with E-state index in [1.54, 1.807) is 0 Å². The van der Waals surface area contributed by atoms with Gasteiger partial charge in [-0.2, -0.15) is 0 Å². The van der Waals surface area contributed by atoms with Crippen molar-refractivity contribution in [1.82, 2.24) is 4.90 Å². The molecule has 14 heavy (non-hydrogen) atoms. The molecular formula is C12H21NO. The number of carbonyl (C=O) groups excluding carboxylic acids is 1. The number of likely N-dealkylation sites (tertiary alicyclic amines) is 1. The molecule has 0 bridgehead atoms. The number of nitrogens with zero attached hydrogens (tertiary/aromatic N) is 1. The summed E-state index contributed by atoms with van der Waals surface area (Å²) in [5.74, 6) is 0.994. The SMILES string of the molecule is CC1CC(C=O)C2CCCCC2N1C. The first-order valence-corrected chi connectivity index (χ1v) is 5.91. The summed E-state index contributed by atoms with van der Waals surface area (Å²) in [5.41, 5.74) is 0. The number of hydrogen-bond acceptors (Lipinski definition) is 2. The van der Waals surface area contributed by atoms with E-state index in [9.17, 15) is 4.79 Å². The Bertz CT molecular complexity index is 216. The summed E-state index contributed by atoms with van der Waals surface area (Å²) in [4.78, 5) is 13.6. The second-order valence-electron chi connectivity index (χ2n) is 5.07. The van der Waals surface area contributed by atoms with Gasteiger partial charge in [-0.05, 0) is 39.2 Å². The Morgan fingerprint density at radius 3 is 2.71 bits per heavy atom. The van der Waals surface area contributed by atoms with Crippen LogP contribution in [0, 0.1) is 11.8 Å². The highest BCUT2D eigenvalue weighted by molar-refractivity contribution is 5.54. The molecule has 0 amide bonds. The van der Waals surface area contributed by atoms with Gasteiger partial charge in [-0.1, -0.05) is 12.8 Å². The molecule has 1 saturated carbocycles. The molecule has 4 unspecified atom stereocenters. The van der Waals surface area contributed by atoms with Gasteiger partial charge in [-0.15, -0.1) is 0 Å². The summed E-state index contributed by atoms with van der Waals surface area (Å²) >= 11 is 0. The number of piperidine rings is 1. The molecule has 0 spiro atoms. The molecule has 4 atom stereocenters. The third-order valence-electron chi connectivity index (χ3n) is 4.34. The largest absolute Gasteiger partial charge is 0.303 e. The Labute approximate surface area is 86.7 Å². The van der Waals surface area contributed by atoms with Gasteiger partial charge in [0.15, 0.2) is 0 Å². The van der Waals surface area contributed by atoms with Gasteiger partial charge in [0, 0.05) is 18.0 Å². The first kappa shape index (κ1) is 10.2. The minimum atomic E-state index is 0.339. The van der Waals surface area contributed by atoms with Crippen molar-refractivity contribution in [3.8, 4) is 0 Å². The molecule has 2 nitrogen and oxygen atoms in total. The number of carbonyl (C=O) groups is 1. The van der Waals surface area contributed by atoms with Crippen LogP contribution in [0.15, 0.2) is 0 Å². The van der Waals surface area contributed by atoms with Crippen LogP contribution in [-0.2, 0) is 4.79 Å². The summed E-state index contributed by atoms with van der Waals surface area (Å²) in [6, 6.07) is 1.27.